The lowest BCUT2D eigenvalue weighted by Gasteiger charge is -2.34. The van der Waals surface area contributed by atoms with Crippen molar-refractivity contribution in [2.45, 2.75) is 62.6 Å². The highest BCUT2D eigenvalue weighted by atomic mass is 35.5. The number of aliphatic carboxylic acids is 1. The molecule has 0 aromatic heterocycles. The zero-order chi connectivity index (χ0) is 29.0. The largest absolute Gasteiger partial charge is 0.481 e. The monoisotopic (exact) mass is 610 g/mol. The van der Waals surface area contributed by atoms with Crippen LogP contribution in [-0.2, 0) is 19.6 Å². The molecule has 216 valence electrons. The highest BCUT2D eigenvalue weighted by Gasteiger charge is 2.47. The third-order valence-corrected chi connectivity index (χ3v) is 9.95. The van der Waals surface area contributed by atoms with Crippen LogP contribution in [0.15, 0.2) is 47.4 Å². The van der Waals surface area contributed by atoms with E-state index in [0.717, 1.165) is 46.9 Å². The first kappa shape index (κ1) is 30.1. The van der Waals surface area contributed by atoms with Crippen molar-refractivity contribution in [1.29, 1.82) is 0 Å². The maximum atomic E-state index is 13.8. The molecule has 1 saturated heterocycles. The van der Waals surface area contributed by atoms with Gasteiger partial charge in [0.15, 0.2) is 6.17 Å². The van der Waals surface area contributed by atoms with E-state index in [1.165, 1.54) is 18.2 Å². The standard InChI is InChI=1S/C27H32Cl2N4O6S/c1-17-7-9-19(10-8-17)30-27(37)32-13-14-33(40(38,39)20-11-12-21(28)22(29)15-20)26(32)25(36)31-23(16-24(34)35)18-5-3-2-4-6-18/h7-12,15,18,23,26H,2-6,13-14,16H2,1H3,(H,30,37)(H,31,36)(H,34,35). The summed E-state index contributed by atoms with van der Waals surface area (Å²) in [5.41, 5.74) is 1.47. The summed E-state index contributed by atoms with van der Waals surface area (Å²) in [6.07, 6.45) is 2.53. The summed E-state index contributed by atoms with van der Waals surface area (Å²) in [6, 6.07) is 9.47. The Labute approximate surface area is 243 Å². The fourth-order valence-electron chi connectivity index (χ4n) is 5.27. The lowest BCUT2D eigenvalue weighted by molar-refractivity contribution is -0.138. The molecule has 2 aliphatic rings. The van der Waals surface area contributed by atoms with Crippen LogP contribution in [-0.4, -0.2) is 65.9 Å². The van der Waals surface area contributed by atoms with Crippen LogP contribution < -0.4 is 10.6 Å². The van der Waals surface area contributed by atoms with E-state index in [4.69, 9.17) is 23.2 Å². The highest BCUT2D eigenvalue weighted by molar-refractivity contribution is 7.89. The molecular formula is C27H32Cl2N4O6S. The van der Waals surface area contributed by atoms with Crippen molar-refractivity contribution in [2.75, 3.05) is 18.4 Å². The van der Waals surface area contributed by atoms with E-state index in [-0.39, 0.29) is 40.4 Å². The molecular weight excluding hydrogens is 579 g/mol. The van der Waals surface area contributed by atoms with E-state index < -0.39 is 40.1 Å². The molecule has 2 atom stereocenters. The minimum atomic E-state index is -4.31. The van der Waals surface area contributed by atoms with Gasteiger partial charge in [0, 0.05) is 24.8 Å². The number of nitrogens with one attached hydrogen (secondary N) is 2. The molecule has 13 heteroatoms. The van der Waals surface area contributed by atoms with Gasteiger partial charge in [0.1, 0.15) is 0 Å². The molecule has 2 fully saturated rings. The summed E-state index contributed by atoms with van der Waals surface area (Å²) in [5.74, 6) is -1.90. The number of hydrogen-bond acceptors (Lipinski definition) is 5. The van der Waals surface area contributed by atoms with Crippen molar-refractivity contribution in [3.05, 3.63) is 58.1 Å². The topological polar surface area (TPSA) is 136 Å². The van der Waals surface area contributed by atoms with Gasteiger partial charge in [0.2, 0.25) is 10.0 Å². The zero-order valence-electron chi connectivity index (χ0n) is 22.0. The predicted octanol–water partition coefficient (Wildman–Crippen LogP) is 4.71. The second kappa shape index (κ2) is 12.8. The fraction of sp³-hybridized carbons (Fsp3) is 0.444. The van der Waals surface area contributed by atoms with Gasteiger partial charge < -0.3 is 15.7 Å². The third kappa shape index (κ3) is 6.88. The molecule has 10 nitrogen and oxygen atoms in total. The number of halogens is 2. The number of aryl methyl sites for hydroxylation is 1. The van der Waals surface area contributed by atoms with Crippen LogP contribution >= 0.6 is 23.2 Å². The molecule has 1 heterocycles. The lowest BCUT2D eigenvalue weighted by atomic mass is 9.82. The van der Waals surface area contributed by atoms with Gasteiger partial charge in [-0.25, -0.2) is 13.2 Å². The number of hydrogen-bond donors (Lipinski definition) is 3. The maximum Gasteiger partial charge on any atom is 0.323 e. The number of carboxylic acids is 1. The molecule has 4 rings (SSSR count). The number of carbonyl (C=O) groups is 3. The molecule has 0 bridgehead atoms. The second-order valence-corrected chi connectivity index (χ2v) is 12.9. The van der Waals surface area contributed by atoms with Crippen molar-refractivity contribution in [3.8, 4) is 0 Å². The maximum absolute atomic E-state index is 13.8. The van der Waals surface area contributed by atoms with Crippen LogP contribution in [0.3, 0.4) is 0 Å². The summed E-state index contributed by atoms with van der Waals surface area (Å²) < 4.78 is 28.4. The number of urea groups is 1. The molecule has 1 saturated carbocycles. The first-order chi connectivity index (χ1) is 19.0. The lowest BCUT2D eigenvalue weighted by Crippen LogP contribution is -2.57. The quantitative estimate of drug-likeness (QED) is 0.396. The van der Waals surface area contributed by atoms with Crippen LogP contribution in [0.25, 0.3) is 0 Å². The summed E-state index contributed by atoms with van der Waals surface area (Å²) in [5, 5.41) is 15.3. The van der Waals surface area contributed by atoms with Gasteiger partial charge in [-0.3, -0.25) is 14.5 Å². The number of anilines is 1. The van der Waals surface area contributed by atoms with Gasteiger partial charge in [-0.15, -0.1) is 0 Å². The number of carbonyl (C=O) groups excluding carboxylic acids is 2. The number of carboxylic acid groups (broad SMARTS) is 1. The summed E-state index contributed by atoms with van der Waals surface area (Å²) in [4.78, 5) is 39.8. The van der Waals surface area contributed by atoms with Crippen LogP contribution in [0.2, 0.25) is 10.0 Å². The van der Waals surface area contributed by atoms with Crippen molar-refractivity contribution in [3.63, 3.8) is 0 Å². The minimum Gasteiger partial charge on any atom is -0.481 e. The Kier molecular flexibility index (Phi) is 9.60. The Morgan fingerprint density at radius 2 is 1.68 bits per heavy atom. The van der Waals surface area contributed by atoms with Gasteiger partial charge in [0.25, 0.3) is 5.91 Å². The third-order valence-electron chi connectivity index (χ3n) is 7.37. The van der Waals surface area contributed by atoms with Crippen LogP contribution in [0.4, 0.5) is 10.5 Å². The average molecular weight is 612 g/mol. The second-order valence-electron chi connectivity index (χ2n) is 10.2. The normalized spacial score (nSPS) is 19.3. The number of amides is 3. The first-order valence-electron chi connectivity index (χ1n) is 13.1. The Hall–Kier alpha value is -2.86. The van der Waals surface area contributed by atoms with Gasteiger partial charge >= 0.3 is 12.0 Å². The summed E-state index contributed by atoms with van der Waals surface area (Å²) >= 11 is 12.1. The van der Waals surface area contributed by atoms with Crippen molar-refractivity contribution >= 4 is 56.8 Å². The molecule has 2 aromatic carbocycles. The number of sulfonamides is 1. The predicted molar refractivity (Wildman–Crippen MR) is 152 cm³/mol. The van der Waals surface area contributed by atoms with E-state index in [9.17, 15) is 27.9 Å². The van der Waals surface area contributed by atoms with E-state index in [0.29, 0.717) is 5.69 Å². The Balaban J connectivity index is 1.66. The smallest absolute Gasteiger partial charge is 0.323 e. The number of benzene rings is 2. The van der Waals surface area contributed by atoms with E-state index in [1.807, 2.05) is 19.1 Å². The van der Waals surface area contributed by atoms with Gasteiger partial charge in [-0.05, 0) is 56.0 Å². The molecule has 2 unspecified atom stereocenters. The SMILES string of the molecule is Cc1ccc(NC(=O)N2CCN(S(=O)(=O)c3ccc(Cl)c(Cl)c3)C2C(=O)NC(CC(=O)O)C2CCCCC2)cc1. The van der Waals surface area contributed by atoms with Crippen molar-refractivity contribution < 1.29 is 27.9 Å². The van der Waals surface area contributed by atoms with Crippen molar-refractivity contribution in [1.82, 2.24) is 14.5 Å². The van der Waals surface area contributed by atoms with Crippen LogP contribution in [0, 0.1) is 12.8 Å². The molecule has 3 N–H and O–H groups in total. The van der Waals surface area contributed by atoms with Crippen LogP contribution in [0.5, 0.6) is 0 Å². The molecule has 1 aliphatic heterocycles. The van der Waals surface area contributed by atoms with Gasteiger partial charge in [-0.1, -0.05) is 60.2 Å². The Bertz CT molecular complexity index is 1370. The minimum absolute atomic E-state index is 0.0238. The van der Waals surface area contributed by atoms with E-state index in [2.05, 4.69) is 10.6 Å². The number of rotatable bonds is 8. The van der Waals surface area contributed by atoms with Crippen LogP contribution in [0.1, 0.15) is 44.1 Å². The zero-order valence-corrected chi connectivity index (χ0v) is 24.3. The first-order valence-corrected chi connectivity index (χ1v) is 15.3. The summed E-state index contributed by atoms with van der Waals surface area (Å²) in [7, 11) is -4.31. The summed E-state index contributed by atoms with van der Waals surface area (Å²) in [6.45, 7) is 1.68. The highest BCUT2D eigenvalue weighted by Crippen LogP contribution is 2.31. The van der Waals surface area contributed by atoms with Gasteiger partial charge in [0.05, 0.1) is 21.4 Å². The van der Waals surface area contributed by atoms with Gasteiger partial charge in [-0.2, -0.15) is 4.31 Å². The Morgan fingerprint density at radius 3 is 2.30 bits per heavy atom. The fourth-order valence-corrected chi connectivity index (χ4v) is 7.20. The molecule has 2 aromatic rings. The molecule has 3 amide bonds. The molecule has 0 spiro atoms. The molecule has 0 radical (unpaired) electrons. The Morgan fingerprint density at radius 1 is 1.00 bits per heavy atom. The molecule has 1 aliphatic carbocycles. The van der Waals surface area contributed by atoms with E-state index >= 15 is 0 Å². The molecule has 40 heavy (non-hydrogen) atoms. The number of nitrogens with zero attached hydrogens (tertiary/aromatic N) is 2. The average Bonchev–Trinajstić information content (AvgIpc) is 3.38. The van der Waals surface area contributed by atoms with E-state index in [1.54, 1.807) is 12.1 Å². The van der Waals surface area contributed by atoms with Crippen molar-refractivity contribution in [2.24, 2.45) is 5.92 Å².